The number of halogens is 5. The molecule has 0 radical (unpaired) electrons. The molecule has 0 bridgehead atoms. The first-order chi connectivity index (χ1) is 8.73. The highest BCUT2D eigenvalue weighted by Crippen LogP contribution is 2.31. The molecule has 0 N–H and O–H groups in total. The summed E-state index contributed by atoms with van der Waals surface area (Å²) >= 11 is 0. The second-order valence-corrected chi connectivity index (χ2v) is 3.08. The number of rotatable bonds is 4. The molecule has 0 aliphatic carbocycles. The number of carbonyl (C=O) groups excluding carboxylic acids is 1. The van der Waals surface area contributed by atoms with E-state index >= 15 is 0 Å². The largest absolute Gasteiger partial charge is 0.573 e. The average molecular weight is 286 g/mol. The summed E-state index contributed by atoms with van der Waals surface area (Å²) in [6.07, 6.45) is -5.09. The first-order valence-electron chi connectivity index (χ1n) is 4.66. The molecule has 0 aliphatic heterocycles. The molecular formula is C10H7F5O4. The molecule has 0 spiro atoms. The highest BCUT2D eigenvalue weighted by atomic mass is 19.4. The molecule has 0 unspecified atom stereocenters. The molecule has 1 rings (SSSR count). The Kier molecular flexibility index (Phi) is 4.52. The van der Waals surface area contributed by atoms with E-state index in [0.29, 0.717) is 6.07 Å². The molecule has 0 heterocycles. The predicted octanol–water partition coefficient (Wildman–Crippen LogP) is 2.97. The topological polar surface area (TPSA) is 44.8 Å². The van der Waals surface area contributed by atoms with E-state index < -0.39 is 36.0 Å². The number of alkyl halides is 5. The standard InChI is InChI=1S/C10H7F5O4/c1-17-8(16)6-3-2-5(18-9(11)12)4-7(6)19-10(13,14)15/h2-4,9H,1H3. The van der Waals surface area contributed by atoms with E-state index in [9.17, 15) is 26.7 Å². The number of esters is 1. The molecule has 0 amide bonds. The second kappa shape index (κ2) is 5.72. The molecule has 0 atom stereocenters. The van der Waals surface area contributed by atoms with Crippen LogP contribution in [-0.2, 0) is 4.74 Å². The zero-order valence-corrected chi connectivity index (χ0v) is 9.33. The van der Waals surface area contributed by atoms with E-state index in [1.54, 1.807) is 0 Å². The van der Waals surface area contributed by atoms with Crippen molar-refractivity contribution in [2.24, 2.45) is 0 Å². The van der Waals surface area contributed by atoms with Gasteiger partial charge in [0.05, 0.1) is 7.11 Å². The van der Waals surface area contributed by atoms with Crippen LogP contribution in [0.3, 0.4) is 0 Å². The van der Waals surface area contributed by atoms with Crippen molar-refractivity contribution < 1.29 is 41.0 Å². The normalized spacial score (nSPS) is 11.3. The van der Waals surface area contributed by atoms with Crippen LogP contribution in [0.15, 0.2) is 18.2 Å². The zero-order valence-electron chi connectivity index (χ0n) is 9.33. The van der Waals surface area contributed by atoms with Crippen molar-refractivity contribution in [3.63, 3.8) is 0 Å². The molecule has 19 heavy (non-hydrogen) atoms. The Bertz CT molecular complexity index is 458. The van der Waals surface area contributed by atoms with Crippen molar-refractivity contribution in [3.8, 4) is 11.5 Å². The fourth-order valence-corrected chi connectivity index (χ4v) is 1.17. The smallest absolute Gasteiger partial charge is 0.465 e. The lowest BCUT2D eigenvalue weighted by atomic mass is 10.2. The molecule has 0 aromatic heterocycles. The first-order valence-corrected chi connectivity index (χ1v) is 4.66. The minimum atomic E-state index is -5.09. The van der Waals surface area contributed by atoms with E-state index in [1.165, 1.54) is 0 Å². The van der Waals surface area contributed by atoms with E-state index in [0.717, 1.165) is 19.2 Å². The lowest BCUT2D eigenvalue weighted by molar-refractivity contribution is -0.274. The lowest BCUT2D eigenvalue weighted by Gasteiger charge is -2.13. The van der Waals surface area contributed by atoms with Gasteiger partial charge in [0.2, 0.25) is 0 Å². The molecule has 0 fully saturated rings. The van der Waals surface area contributed by atoms with Gasteiger partial charge in [0.15, 0.2) is 0 Å². The van der Waals surface area contributed by atoms with E-state index in [-0.39, 0.29) is 0 Å². The van der Waals surface area contributed by atoms with Crippen molar-refractivity contribution >= 4 is 5.97 Å². The predicted molar refractivity (Wildman–Crippen MR) is 51.1 cm³/mol. The Balaban J connectivity index is 3.14. The van der Waals surface area contributed by atoms with Gasteiger partial charge < -0.3 is 14.2 Å². The van der Waals surface area contributed by atoms with Crippen LogP contribution < -0.4 is 9.47 Å². The van der Waals surface area contributed by atoms with Gasteiger partial charge in [-0.25, -0.2) is 4.79 Å². The minimum Gasteiger partial charge on any atom is -0.465 e. The van der Waals surface area contributed by atoms with Gasteiger partial charge in [0, 0.05) is 6.07 Å². The summed E-state index contributed by atoms with van der Waals surface area (Å²) in [6, 6.07) is 2.23. The molecule has 106 valence electrons. The number of hydrogen-bond acceptors (Lipinski definition) is 4. The summed E-state index contributed by atoms with van der Waals surface area (Å²) in [5, 5.41) is 0. The van der Waals surface area contributed by atoms with Gasteiger partial charge in [-0.2, -0.15) is 8.78 Å². The Morgan fingerprint density at radius 1 is 1.26 bits per heavy atom. The van der Waals surface area contributed by atoms with Gasteiger partial charge in [0.1, 0.15) is 17.1 Å². The third-order valence-electron chi connectivity index (χ3n) is 1.81. The molecule has 1 aromatic carbocycles. The molecule has 0 aliphatic rings. The van der Waals surface area contributed by atoms with Gasteiger partial charge in [-0.05, 0) is 12.1 Å². The third kappa shape index (κ3) is 4.60. The Morgan fingerprint density at radius 2 is 1.89 bits per heavy atom. The summed E-state index contributed by atoms with van der Waals surface area (Å²) in [5.41, 5.74) is -0.568. The van der Waals surface area contributed by atoms with Gasteiger partial charge in [-0.15, -0.1) is 13.2 Å². The van der Waals surface area contributed by atoms with Crippen LogP contribution in [0.5, 0.6) is 11.5 Å². The molecule has 0 saturated carbocycles. The molecule has 1 aromatic rings. The Hall–Kier alpha value is -2.06. The maximum absolute atomic E-state index is 12.1. The van der Waals surface area contributed by atoms with Crippen LogP contribution in [0, 0.1) is 0 Å². The van der Waals surface area contributed by atoms with E-state index in [2.05, 4.69) is 14.2 Å². The first kappa shape index (κ1) is 15.0. The number of ether oxygens (including phenoxy) is 3. The minimum absolute atomic E-state index is 0.520. The third-order valence-corrected chi connectivity index (χ3v) is 1.81. The maximum atomic E-state index is 12.1. The van der Waals surface area contributed by atoms with Crippen molar-refractivity contribution in [1.29, 1.82) is 0 Å². The SMILES string of the molecule is COC(=O)c1ccc(OC(F)F)cc1OC(F)(F)F. The molecule has 4 nitrogen and oxygen atoms in total. The highest BCUT2D eigenvalue weighted by molar-refractivity contribution is 5.92. The molecule has 0 saturated heterocycles. The maximum Gasteiger partial charge on any atom is 0.573 e. The number of methoxy groups -OCH3 is 1. The van der Waals surface area contributed by atoms with Crippen molar-refractivity contribution in [1.82, 2.24) is 0 Å². The summed E-state index contributed by atoms with van der Waals surface area (Å²) in [4.78, 5) is 11.2. The Labute approximate surface area is 103 Å². The van der Waals surface area contributed by atoms with Crippen molar-refractivity contribution in [2.45, 2.75) is 13.0 Å². The van der Waals surface area contributed by atoms with Gasteiger partial charge in [-0.1, -0.05) is 0 Å². The number of benzene rings is 1. The quantitative estimate of drug-likeness (QED) is 0.630. The monoisotopic (exact) mass is 286 g/mol. The second-order valence-electron chi connectivity index (χ2n) is 3.08. The van der Waals surface area contributed by atoms with Crippen molar-refractivity contribution in [2.75, 3.05) is 7.11 Å². The summed E-state index contributed by atoms with van der Waals surface area (Å²) in [6.45, 7) is -3.22. The summed E-state index contributed by atoms with van der Waals surface area (Å²) in [7, 11) is 0.948. The average Bonchev–Trinajstić information content (AvgIpc) is 2.25. The number of carbonyl (C=O) groups is 1. The molecular weight excluding hydrogens is 279 g/mol. The lowest BCUT2D eigenvalue weighted by Crippen LogP contribution is -2.19. The molecule has 9 heteroatoms. The van der Waals surface area contributed by atoms with Crippen LogP contribution in [0.25, 0.3) is 0 Å². The zero-order chi connectivity index (χ0) is 14.6. The van der Waals surface area contributed by atoms with Crippen molar-refractivity contribution in [3.05, 3.63) is 23.8 Å². The Morgan fingerprint density at radius 3 is 2.37 bits per heavy atom. The van der Waals surface area contributed by atoms with Crippen LogP contribution in [0.1, 0.15) is 10.4 Å². The van der Waals surface area contributed by atoms with Gasteiger partial charge >= 0.3 is 18.9 Å². The van der Waals surface area contributed by atoms with Gasteiger partial charge in [-0.3, -0.25) is 0 Å². The van der Waals surface area contributed by atoms with E-state index in [4.69, 9.17) is 0 Å². The fourth-order valence-electron chi connectivity index (χ4n) is 1.17. The van der Waals surface area contributed by atoms with Crippen LogP contribution in [0.2, 0.25) is 0 Å². The highest BCUT2D eigenvalue weighted by Gasteiger charge is 2.33. The van der Waals surface area contributed by atoms with Crippen LogP contribution in [0.4, 0.5) is 22.0 Å². The summed E-state index contributed by atoms with van der Waals surface area (Å²) < 4.78 is 71.9. The number of hydrogen-bond donors (Lipinski definition) is 0. The summed E-state index contributed by atoms with van der Waals surface area (Å²) in [5.74, 6) is -2.68. The van der Waals surface area contributed by atoms with Crippen LogP contribution >= 0.6 is 0 Å². The van der Waals surface area contributed by atoms with Gasteiger partial charge in [0.25, 0.3) is 0 Å². The fraction of sp³-hybridized carbons (Fsp3) is 0.300. The van der Waals surface area contributed by atoms with E-state index in [1.807, 2.05) is 0 Å². The van der Waals surface area contributed by atoms with Crippen LogP contribution in [-0.4, -0.2) is 26.1 Å².